The molecule has 0 aliphatic carbocycles. The molecule has 2 nitrogen and oxygen atoms in total. The fraction of sp³-hybridized carbons (Fsp3) is 0.250. The van der Waals surface area contributed by atoms with Crippen molar-refractivity contribution in [2.45, 2.75) is 0 Å². The van der Waals surface area contributed by atoms with E-state index in [4.69, 9.17) is 9.31 Å². The van der Waals surface area contributed by atoms with Crippen LogP contribution in [0.3, 0.4) is 0 Å². The molecule has 0 aromatic heterocycles. The zero-order chi connectivity index (χ0) is 8.39. The van der Waals surface area contributed by atoms with Crippen molar-refractivity contribution in [3.63, 3.8) is 0 Å². The van der Waals surface area contributed by atoms with E-state index >= 15 is 0 Å². The molecule has 0 atom stereocenters. The molecule has 0 spiro atoms. The number of rotatable bonds is 1. The maximum Gasteiger partial charge on any atom is 0.495 e. The van der Waals surface area contributed by atoms with E-state index in [-0.39, 0.29) is 7.12 Å². The van der Waals surface area contributed by atoms with E-state index in [0.29, 0.717) is 13.2 Å². The Morgan fingerprint density at radius 1 is 1.17 bits per heavy atom. The van der Waals surface area contributed by atoms with Crippen molar-refractivity contribution < 1.29 is 9.31 Å². The average Bonchev–Trinajstić information content (AvgIpc) is 2.57. The van der Waals surface area contributed by atoms with Gasteiger partial charge in [0, 0.05) is 4.47 Å². The van der Waals surface area contributed by atoms with Gasteiger partial charge in [-0.2, -0.15) is 0 Å². The van der Waals surface area contributed by atoms with Gasteiger partial charge in [-0.15, -0.1) is 0 Å². The van der Waals surface area contributed by atoms with Crippen molar-refractivity contribution in [1.29, 1.82) is 0 Å². The molecule has 2 rings (SSSR count). The van der Waals surface area contributed by atoms with Gasteiger partial charge in [-0.1, -0.05) is 34.1 Å². The predicted molar refractivity (Wildman–Crippen MR) is 51.4 cm³/mol. The summed E-state index contributed by atoms with van der Waals surface area (Å²) in [6.07, 6.45) is 0. The minimum atomic E-state index is -0.180. The maximum atomic E-state index is 5.37. The molecule has 1 saturated heterocycles. The molecule has 0 N–H and O–H groups in total. The van der Waals surface area contributed by atoms with Gasteiger partial charge in [0.25, 0.3) is 0 Å². The first-order valence-electron chi connectivity index (χ1n) is 3.85. The second-order valence-electron chi connectivity index (χ2n) is 2.60. The van der Waals surface area contributed by atoms with Gasteiger partial charge in [0.15, 0.2) is 0 Å². The van der Waals surface area contributed by atoms with Crippen LogP contribution in [0.4, 0.5) is 0 Å². The van der Waals surface area contributed by atoms with Gasteiger partial charge < -0.3 is 9.31 Å². The third-order valence-corrected chi connectivity index (χ3v) is 2.50. The molecule has 1 aromatic rings. The van der Waals surface area contributed by atoms with Crippen molar-refractivity contribution in [2.24, 2.45) is 0 Å². The smallest absolute Gasteiger partial charge is 0.405 e. The van der Waals surface area contributed by atoms with Gasteiger partial charge in [-0.05, 0) is 11.5 Å². The van der Waals surface area contributed by atoms with Gasteiger partial charge >= 0.3 is 7.12 Å². The summed E-state index contributed by atoms with van der Waals surface area (Å²) in [4.78, 5) is 0. The van der Waals surface area contributed by atoms with Crippen LogP contribution in [-0.2, 0) is 9.31 Å². The highest BCUT2D eigenvalue weighted by Gasteiger charge is 2.27. The monoisotopic (exact) mass is 226 g/mol. The molecule has 1 heterocycles. The van der Waals surface area contributed by atoms with Gasteiger partial charge in [0.2, 0.25) is 0 Å². The van der Waals surface area contributed by atoms with Crippen LogP contribution in [0.5, 0.6) is 0 Å². The summed E-state index contributed by atoms with van der Waals surface area (Å²) in [6, 6.07) is 7.94. The van der Waals surface area contributed by atoms with Crippen LogP contribution < -0.4 is 5.46 Å². The summed E-state index contributed by atoms with van der Waals surface area (Å²) < 4.78 is 11.8. The van der Waals surface area contributed by atoms with Crippen LogP contribution in [0.2, 0.25) is 0 Å². The largest absolute Gasteiger partial charge is 0.495 e. The van der Waals surface area contributed by atoms with Crippen molar-refractivity contribution >= 4 is 28.5 Å². The van der Waals surface area contributed by atoms with E-state index in [1.54, 1.807) is 0 Å². The Hall–Kier alpha value is -0.315. The lowest BCUT2D eigenvalue weighted by Crippen LogP contribution is -2.32. The molecular formula is C8H8BBrO2. The van der Waals surface area contributed by atoms with E-state index in [1.165, 1.54) is 0 Å². The minimum absolute atomic E-state index is 0.180. The fourth-order valence-electron chi connectivity index (χ4n) is 1.20. The second kappa shape index (κ2) is 3.60. The van der Waals surface area contributed by atoms with Crippen molar-refractivity contribution in [2.75, 3.05) is 13.2 Å². The molecule has 0 amide bonds. The van der Waals surface area contributed by atoms with E-state index in [2.05, 4.69) is 15.9 Å². The molecule has 0 unspecified atom stereocenters. The second-order valence-corrected chi connectivity index (χ2v) is 3.45. The predicted octanol–water partition coefficient (Wildman–Crippen LogP) is 1.19. The van der Waals surface area contributed by atoms with Gasteiger partial charge in [0.1, 0.15) is 0 Å². The normalized spacial score (nSPS) is 16.9. The van der Waals surface area contributed by atoms with Crippen LogP contribution >= 0.6 is 15.9 Å². The van der Waals surface area contributed by atoms with Crippen molar-refractivity contribution in [3.8, 4) is 0 Å². The van der Waals surface area contributed by atoms with Crippen LogP contribution in [0.1, 0.15) is 0 Å². The third-order valence-electron chi connectivity index (χ3n) is 1.78. The van der Waals surface area contributed by atoms with Crippen molar-refractivity contribution in [3.05, 3.63) is 28.7 Å². The van der Waals surface area contributed by atoms with Crippen LogP contribution in [0, 0.1) is 0 Å². The van der Waals surface area contributed by atoms with Gasteiger partial charge in [-0.25, -0.2) is 0 Å². The SMILES string of the molecule is Brc1ccccc1B1OCCO1. The molecule has 62 valence electrons. The first-order chi connectivity index (χ1) is 5.88. The summed E-state index contributed by atoms with van der Waals surface area (Å²) in [5, 5.41) is 0. The van der Waals surface area contributed by atoms with Gasteiger partial charge in [0.05, 0.1) is 13.2 Å². The zero-order valence-corrected chi connectivity index (χ0v) is 8.08. The van der Waals surface area contributed by atoms with E-state index in [9.17, 15) is 0 Å². The highest BCUT2D eigenvalue weighted by molar-refractivity contribution is 9.10. The fourth-order valence-corrected chi connectivity index (χ4v) is 1.68. The third kappa shape index (κ3) is 1.55. The highest BCUT2D eigenvalue weighted by atomic mass is 79.9. The lowest BCUT2D eigenvalue weighted by molar-refractivity contribution is 0.365. The number of benzene rings is 1. The lowest BCUT2D eigenvalue weighted by atomic mass is 9.80. The molecule has 1 aromatic carbocycles. The van der Waals surface area contributed by atoms with Crippen LogP contribution in [0.25, 0.3) is 0 Å². The molecule has 0 radical (unpaired) electrons. The number of hydrogen-bond donors (Lipinski definition) is 0. The summed E-state index contributed by atoms with van der Waals surface area (Å²) in [5.74, 6) is 0. The summed E-state index contributed by atoms with van der Waals surface area (Å²) in [7, 11) is -0.180. The molecule has 0 bridgehead atoms. The van der Waals surface area contributed by atoms with Gasteiger partial charge in [-0.3, -0.25) is 0 Å². The van der Waals surface area contributed by atoms with E-state index < -0.39 is 0 Å². The summed E-state index contributed by atoms with van der Waals surface area (Å²) in [5.41, 5.74) is 1.06. The molecule has 4 heteroatoms. The Balaban J connectivity index is 2.26. The minimum Gasteiger partial charge on any atom is -0.405 e. The zero-order valence-electron chi connectivity index (χ0n) is 6.50. The summed E-state index contributed by atoms with van der Waals surface area (Å²) in [6.45, 7) is 1.37. The quantitative estimate of drug-likeness (QED) is 0.670. The Morgan fingerprint density at radius 2 is 1.83 bits per heavy atom. The van der Waals surface area contributed by atoms with Crippen LogP contribution in [0.15, 0.2) is 28.7 Å². The topological polar surface area (TPSA) is 18.5 Å². The summed E-state index contributed by atoms with van der Waals surface area (Å²) >= 11 is 3.45. The van der Waals surface area contributed by atoms with Crippen LogP contribution in [-0.4, -0.2) is 20.3 Å². The Kier molecular flexibility index (Phi) is 2.49. The molecule has 0 saturated carbocycles. The molecule has 1 fully saturated rings. The molecule has 1 aliphatic heterocycles. The first-order valence-corrected chi connectivity index (χ1v) is 4.65. The Labute approximate surface area is 80.1 Å². The first kappa shape index (κ1) is 8.29. The lowest BCUT2D eigenvalue weighted by Gasteiger charge is -2.05. The standard InChI is InChI=1S/C8H8BBrO2/c10-8-4-2-1-3-7(8)9-11-5-6-12-9/h1-4H,5-6H2. The van der Waals surface area contributed by atoms with E-state index in [0.717, 1.165) is 9.94 Å². The average molecular weight is 227 g/mol. The van der Waals surface area contributed by atoms with E-state index in [1.807, 2.05) is 24.3 Å². The molecular weight excluding hydrogens is 219 g/mol. The molecule has 12 heavy (non-hydrogen) atoms. The number of halogens is 1. The maximum absolute atomic E-state index is 5.37. The Morgan fingerprint density at radius 3 is 2.50 bits per heavy atom. The van der Waals surface area contributed by atoms with Crippen molar-refractivity contribution in [1.82, 2.24) is 0 Å². The Bertz CT molecular complexity index is 274. The number of hydrogen-bond acceptors (Lipinski definition) is 2. The molecule has 1 aliphatic rings. The highest BCUT2D eigenvalue weighted by Crippen LogP contribution is 2.09.